The molecule has 0 aromatic heterocycles. The summed E-state index contributed by atoms with van der Waals surface area (Å²) in [6, 6.07) is 9.86. The van der Waals surface area contributed by atoms with Crippen LogP contribution in [0.15, 0.2) is 30.3 Å². The molecule has 0 saturated carbocycles. The second kappa shape index (κ2) is 7.65. The molecule has 2 N–H and O–H groups in total. The van der Waals surface area contributed by atoms with Gasteiger partial charge in [0.2, 0.25) is 5.91 Å². The van der Waals surface area contributed by atoms with E-state index in [9.17, 15) is 9.59 Å². The number of aliphatic carboxylic acids is 1. The fraction of sp³-hybridized carbons (Fsp3) is 0.467. The van der Waals surface area contributed by atoms with Gasteiger partial charge in [-0.1, -0.05) is 30.3 Å². The third-order valence-electron chi connectivity index (χ3n) is 3.03. The van der Waals surface area contributed by atoms with E-state index in [0.29, 0.717) is 12.8 Å². The molecule has 0 radical (unpaired) electrons. The van der Waals surface area contributed by atoms with Gasteiger partial charge in [-0.15, -0.1) is 0 Å². The number of benzene rings is 1. The molecule has 0 aliphatic rings. The molecule has 1 amide bonds. The van der Waals surface area contributed by atoms with Gasteiger partial charge in [0.25, 0.3) is 0 Å². The molecule has 0 fully saturated rings. The van der Waals surface area contributed by atoms with Gasteiger partial charge in [-0.05, 0) is 25.3 Å². The van der Waals surface area contributed by atoms with E-state index in [2.05, 4.69) is 5.32 Å². The van der Waals surface area contributed by atoms with Gasteiger partial charge in [0.1, 0.15) is 0 Å². The van der Waals surface area contributed by atoms with Gasteiger partial charge >= 0.3 is 5.97 Å². The first kappa shape index (κ1) is 16.2. The standard InChI is InChI=1S/C15H21NO4/c1-15(11-20-2,14(18)19)16-13(17)10-6-9-12-7-4-3-5-8-12/h3-5,7-8H,6,9-11H2,1-2H3,(H,16,17)(H,18,19). The van der Waals surface area contributed by atoms with Crippen LogP contribution in [0.1, 0.15) is 25.3 Å². The van der Waals surface area contributed by atoms with Gasteiger partial charge in [-0.3, -0.25) is 4.79 Å². The van der Waals surface area contributed by atoms with Crippen LogP contribution in [0.2, 0.25) is 0 Å². The molecule has 5 heteroatoms. The summed E-state index contributed by atoms with van der Waals surface area (Å²) in [7, 11) is 1.41. The number of hydrogen-bond donors (Lipinski definition) is 2. The lowest BCUT2D eigenvalue weighted by Gasteiger charge is -2.25. The van der Waals surface area contributed by atoms with E-state index in [0.717, 1.165) is 12.0 Å². The fourth-order valence-electron chi connectivity index (χ4n) is 1.91. The van der Waals surface area contributed by atoms with E-state index in [1.165, 1.54) is 14.0 Å². The molecule has 1 atom stereocenters. The SMILES string of the molecule is COCC(C)(NC(=O)CCCc1ccccc1)C(=O)O. The zero-order valence-corrected chi connectivity index (χ0v) is 11.9. The van der Waals surface area contributed by atoms with Crippen LogP contribution in [0.5, 0.6) is 0 Å². The van der Waals surface area contributed by atoms with Crippen molar-refractivity contribution >= 4 is 11.9 Å². The highest BCUT2D eigenvalue weighted by Crippen LogP contribution is 2.08. The maximum atomic E-state index is 11.8. The van der Waals surface area contributed by atoms with E-state index in [1.807, 2.05) is 30.3 Å². The van der Waals surface area contributed by atoms with Gasteiger partial charge in [0, 0.05) is 13.5 Å². The second-order valence-corrected chi connectivity index (χ2v) is 4.96. The van der Waals surface area contributed by atoms with Crippen LogP contribution < -0.4 is 5.32 Å². The fourth-order valence-corrected chi connectivity index (χ4v) is 1.91. The topological polar surface area (TPSA) is 75.6 Å². The number of nitrogens with one attached hydrogen (secondary N) is 1. The number of carboxylic acids is 1. The van der Waals surface area contributed by atoms with Gasteiger partial charge < -0.3 is 15.2 Å². The molecule has 1 aromatic rings. The molecule has 110 valence electrons. The number of rotatable bonds is 8. The first-order valence-electron chi connectivity index (χ1n) is 6.55. The lowest BCUT2D eigenvalue weighted by Crippen LogP contribution is -2.55. The van der Waals surface area contributed by atoms with Crippen LogP contribution in [0.4, 0.5) is 0 Å². The third kappa shape index (κ3) is 5.01. The summed E-state index contributed by atoms with van der Waals surface area (Å²) >= 11 is 0. The van der Waals surface area contributed by atoms with E-state index in [4.69, 9.17) is 9.84 Å². The van der Waals surface area contributed by atoms with Crippen LogP contribution in [0, 0.1) is 0 Å². The van der Waals surface area contributed by atoms with E-state index < -0.39 is 11.5 Å². The van der Waals surface area contributed by atoms with Gasteiger partial charge in [-0.25, -0.2) is 4.79 Å². The summed E-state index contributed by atoms with van der Waals surface area (Å²) in [5, 5.41) is 11.6. The highest BCUT2D eigenvalue weighted by molar-refractivity contribution is 5.86. The normalized spacial score (nSPS) is 13.5. The predicted octanol–water partition coefficient (Wildman–Crippen LogP) is 1.62. The number of carboxylic acid groups (broad SMARTS) is 1. The van der Waals surface area contributed by atoms with Crippen molar-refractivity contribution in [2.75, 3.05) is 13.7 Å². The van der Waals surface area contributed by atoms with E-state index >= 15 is 0 Å². The molecule has 1 aromatic carbocycles. The Hall–Kier alpha value is -1.88. The average Bonchev–Trinajstić information content (AvgIpc) is 2.40. The number of hydrogen-bond acceptors (Lipinski definition) is 3. The molecule has 0 spiro atoms. The Morgan fingerprint density at radius 3 is 2.50 bits per heavy atom. The molecule has 0 bridgehead atoms. The number of carbonyl (C=O) groups is 2. The minimum absolute atomic E-state index is 0.0627. The summed E-state index contributed by atoms with van der Waals surface area (Å²) in [6.45, 7) is 1.38. The van der Waals surface area contributed by atoms with Crippen molar-refractivity contribution in [2.24, 2.45) is 0 Å². The largest absolute Gasteiger partial charge is 0.479 e. The molecule has 0 heterocycles. The first-order valence-corrected chi connectivity index (χ1v) is 6.55. The summed E-state index contributed by atoms with van der Waals surface area (Å²) in [5.74, 6) is -1.38. The average molecular weight is 279 g/mol. The summed E-state index contributed by atoms with van der Waals surface area (Å²) < 4.78 is 4.85. The molecule has 5 nitrogen and oxygen atoms in total. The maximum absolute atomic E-state index is 11.8. The van der Waals surface area contributed by atoms with Crippen LogP contribution >= 0.6 is 0 Å². The molecule has 0 aliphatic carbocycles. The van der Waals surface area contributed by atoms with Crippen molar-refractivity contribution in [3.8, 4) is 0 Å². The van der Waals surface area contributed by atoms with E-state index in [-0.39, 0.29) is 12.5 Å². The van der Waals surface area contributed by atoms with Crippen LogP contribution in [0.3, 0.4) is 0 Å². The quantitative estimate of drug-likeness (QED) is 0.758. The lowest BCUT2D eigenvalue weighted by atomic mass is 10.0. The zero-order valence-electron chi connectivity index (χ0n) is 11.9. The number of carbonyl (C=O) groups excluding carboxylic acids is 1. The summed E-state index contributed by atoms with van der Waals surface area (Å²) in [5.41, 5.74) is -0.211. The predicted molar refractivity (Wildman–Crippen MR) is 75.4 cm³/mol. The Morgan fingerprint density at radius 1 is 1.30 bits per heavy atom. The molecule has 0 aliphatic heterocycles. The Kier molecular flexibility index (Phi) is 6.18. The van der Waals surface area contributed by atoms with Crippen molar-refractivity contribution < 1.29 is 19.4 Å². The molecule has 1 rings (SSSR count). The number of amides is 1. The first-order chi connectivity index (χ1) is 9.48. The number of ether oxygens (including phenoxy) is 1. The van der Waals surface area contributed by atoms with Gasteiger partial charge in [0.15, 0.2) is 5.54 Å². The van der Waals surface area contributed by atoms with Crippen molar-refractivity contribution in [1.82, 2.24) is 5.32 Å². The number of methoxy groups -OCH3 is 1. The second-order valence-electron chi connectivity index (χ2n) is 4.96. The van der Waals surface area contributed by atoms with Crippen molar-refractivity contribution in [3.63, 3.8) is 0 Å². The highest BCUT2D eigenvalue weighted by Gasteiger charge is 2.34. The molecule has 1 unspecified atom stereocenters. The van der Waals surface area contributed by atoms with Crippen molar-refractivity contribution in [3.05, 3.63) is 35.9 Å². The van der Waals surface area contributed by atoms with Gasteiger partial charge in [0.05, 0.1) is 6.61 Å². The third-order valence-corrected chi connectivity index (χ3v) is 3.03. The molecular formula is C15H21NO4. The Labute approximate surface area is 118 Å². The summed E-state index contributed by atoms with van der Waals surface area (Å²) in [4.78, 5) is 22.9. The van der Waals surface area contributed by atoms with Crippen LogP contribution in [0.25, 0.3) is 0 Å². The molecule has 0 saturated heterocycles. The van der Waals surface area contributed by atoms with E-state index in [1.54, 1.807) is 0 Å². The van der Waals surface area contributed by atoms with Gasteiger partial charge in [-0.2, -0.15) is 0 Å². The smallest absolute Gasteiger partial charge is 0.331 e. The van der Waals surface area contributed by atoms with Crippen LogP contribution in [-0.4, -0.2) is 36.2 Å². The highest BCUT2D eigenvalue weighted by atomic mass is 16.5. The molecule has 20 heavy (non-hydrogen) atoms. The lowest BCUT2D eigenvalue weighted by molar-refractivity contribution is -0.149. The Bertz CT molecular complexity index is 446. The minimum Gasteiger partial charge on any atom is -0.479 e. The van der Waals surface area contributed by atoms with Crippen LogP contribution in [-0.2, 0) is 20.7 Å². The maximum Gasteiger partial charge on any atom is 0.331 e. The zero-order chi connectivity index (χ0) is 15.0. The van der Waals surface area contributed by atoms with Crippen molar-refractivity contribution in [1.29, 1.82) is 0 Å². The molecular weight excluding hydrogens is 258 g/mol. The number of aryl methyl sites for hydroxylation is 1. The Morgan fingerprint density at radius 2 is 1.95 bits per heavy atom. The Balaban J connectivity index is 2.41. The minimum atomic E-state index is -1.38. The van der Waals surface area contributed by atoms with Crippen molar-refractivity contribution in [2.45, 2.75) is 31.7 Å². The summed E-state index contributed by atoms with van der Waals surface area (Å²) in [6.07, 6.45) is 1.77. The monoisotopic (exact) mass is 279 g/mol.